The molecule has 104 valence electrons. The summed E-state index contributed by atoms with van der Waals surface area (Å²) in [5, 5.41) is 13.8. The van der Waals surface area contributed by atoms with Crippen LogP contribution in [-0.4, -0.2) is 17.0 Å². The highest BCUT2D eigenvalue weighted by molar-refractivity contribution is 6.01. The summed E-state index contributed by atoms with van der Waals surface area (Å²) in [6.45, 7) is 1.60. The molecule has 0 aromatic heterocycles. The number of hydrogen-bond acceptors (Lipinski definition) is 3. The zero-order chi connectivity index (χ0) is 14.4. The summed E-state index contributed by atoms with van der Waals surface area (Å²) in [5.74, 6) is -2.90. The number of hydrogen-bond donors (Lipinski definition) is 3. The average Bonchev–Trinajstić information content (AvgIpc) is 2.38. The van der Waals surface area contributed by atoms with Crippen molar-refractivity contribution in [3.8, 4) is 0 Å². The third kappa shape index (κ3) is 3.90. The minimum Gasteiger partial charge on any atom is -0.409 e. The monoisotopic (exact) mass is 271 g/mol. The molecule has 0 saturated heterocycles. The first-order valence-corrected chi connectivity index (χ1v) is 5.68. The van der Waals surface area contributed by atoms with Crippen molar-refractivity contribution in [2.24, 2.45) is 16.8 Å². The Morgan fingerprint density at radius 1 is 1.53 bits per heavy atom. The van der Waals surface area contributed by atoms with Gasteiger partial charge in [-0.15, -0.1) is 0 Å². The predicted octanol–water partition coefficient (Wildman–Crippen LogP) is 1.35. The van der Waals surface area contributed by atoms with Crippen LogP contribution in [0.25, 0.3) is 0 Å². The smallest absolute Gasteiger partial charge is 0.231 e. The number of nitrogens with one attached hydrogen (secondary N) is 1. The van der Waals surface area contributed by atoms with Gasteiger partial charge in [0, 0.05) is 18.2 Å². The minimum absolute atomic E-state index is 0.0971. The summed E-state index contributed by atoms with van der Waals surface area (Å²) >= 11 is 0. The molecule has 0 saturated carbocycles. The second-order valence-corrected chi connectivity index (χ2v) is 3.94. The summed E-state index contributed by atoms with van der Waals surface area (Å²) in [6.07, 6.45) is 0.341. The summed E-state index contributed by atoms with van der Waals surface area (Å²) < 4.78 is 26.0. The highest BCUT2D eigenvalue weighted by Crippen LogP contribution is 2.10. The van der Waals surface area contributed by atoms with Gasteiger partial charge in [-0.1, -0.05) is 18.1 Å². The molecule has 0 aliphatic rings. The maximum absolute atomic E-state index is 13.3. The average molecular weight is 271 g/mol. The first-order valence-electron chi connectivity index (χ1n) is 5.68. The number of halogens is 2. The number of rotatable bonds is 5. The highest BCUT2D eigenvalue weighted by atomic mass is 19.1. The van der Waals surface area contributed by atoms with Crippen LogP contribution in [-0.2, 0) is 11.3 Å². The molecule has 5 nitrogen and oxygen atoms in total. The molecule has 1 rings (SSSR count). The van der Waals surface area contributed by atoms with E-state index in [2.05, 4.69) is 10.5 Å². The Morgan fingerprint density at radius 2 is 2.21 bits per heavy atom. The molecule has 0 aliphatic heterocycles. The third-order valence-corrected chi connectivity index (χ3v) is 2.67. The third-order valence-electron chi connectivity index (χ3n) is 2.67. The van der Waals surface area contributed by atoms with E-state index < -0.39 is 23.5 Å². The van der Waals surface area contributed by atoms with Crippen LogP contribution in [0.2, 0.25) is 0 Å². The first-order chi connectivity index (χ1) is 8.99. The summed E-state index contributed by atoms with van der Waals surface area (Å²) in [4.78, 5) is 11.7. The van der Waals surface area contributed by atoms with Crippen molar-refractivity contribution in [3.05, 3.63) is 35.4 Å². The van der Waals surface area contributed by atoms with Crippen molar-refractivity contribution in [3.63, 3.8) is 0 Å². The zero-order valence-corrected chi connectivity index (χ0v) is 10.4. The largest absolute Gasteiger partial charge is 0.409 e. The summed E-state index contributed by atoms with van der Waals surface area (Å²) in [7, 11) is 0. The number of carbonyl (C=O) groups excluding carboxylic acids is 1. The van der Waals surface area contributed by atoms with Gasteiger partial charge in [0.15, 0.2) is 5.84 Å². The Labute approximate surface area is 109 Å². The molecule has 7 heteroatoms. The molecule has 1 aromatic carbocycles. The van der Waals surface area contributed by atoms with Crippen molar-refractivity contribution in [2.75, 3.05) is 0 Å². The molecule has 0 spiro atoms. The lowest BCUT2D eigenvalue weighted by atomic mass is 10.0. The Hall–Kier alpha value is -2.18. The fourth-order valence-electron chi connectivity index (χ4n) is 1.57. The normalized spacial score (nSPS) is 13.1. The molecule has 1 amide bonds. The van der Waals surface area contributed by atoms with Crippen LogP contribution in [0, 0.1) is 17.6 Å². The van der Waals surface area contributed by atoms with Crippen molar-refractivity contribution < 1.29 is 18.8 Å². The maximum Gasteiger partial charge on any atom is 0.231 e. The maximum atomic E-state index is 13.3. The van der Waals surface area contributed by atoms with Crippen molar-refractivity contribution in [1.82, 2.24) is 5.32 Å². The van der Waals surface area contributed by atoms with E-state index in [9.17, 15) is 13.6 Å². The number of amides is 1. The van der Waals surface area contributed by atoms with E-state index in [0.29, 0.717) is 6.42 Å². The molecular weight excluding hydrogens is 256 g/mol. The van der Waals surface area contributed by atoms with Crippen molar-refractivity contribution in [2.45, 2.75) is 19.9 Å². The lowest BCUT2D eigenvalue weighted by Gasteiger charge is -2.13. The van der Waals surface area contributed by atoms with Gasteiger partial charge in [0.25, 0.3) is 0 Å². The molecule has 0 bridgehead atoms. The molecule has 0 radical (unpaired) electrons. The Balaban J connectivity index is 2.68. The Morgan fingerprint density at radius 3 is 2.74 bits per heavy atom. The van der Waals surface area contributed by atoms with Gasteiger partial charge < -0.3 is 16.3 Å². The van der Waals surface area contributed by atoms with E-state index in [0.717, 1.165) is 12.1 Å². The number of carbonyl (C=O) groups is 1. The van der Waals surface area contributed by atoms with E-state index >= 15 is 0 Å². The van der Waals surface area contributed by atoms with Crippen LogP contribution in [0.15, 0.2) is 23.4 Å². The van der Waals surface area contributed by atoms with E-state index in [1.54, 1.807) is 6.92 Å². The fourth-order valence-corrected chi connectivity index (χ4v) is 1.57. The predicted molar refractivity (Wildman–Crippen MR) is 65.4 cm³/mol. The molecule has 0 aliphatic carbocycles. The zero-order valence-electron chi connectivity index (χ0n) is 10.4. The first kappa shape index (κ1) is 14.9. The topological polar surface area (TPSA) is 87.7 Å². The lowest BCUT2D eigenvalue weighted by Crippen LogP contribution is -2.38. The van der Waals surface area contributed by atoms with Gasteiger partial charge in [0.05, 0.1) is 5.92 Å². The van der Waals surface area contributed by atoms with Gasteiger partial charge in [-0.05, 0) is 12.5 Å². The molecule has 0 heterocycles. The van der Waals surface area contributed by atoms with Gasteiger partial charge >= 0.3 is 0 Å². The van der Waals surface area contributed by atoms with Crippen LogP contribution in [0.3, 0.4) is 0 Å². The van der Waals surface area contributed by atoms with Crippen LogP contribution >= 0.6 is 0 Å². The molecule has 19 heavy (non-hydrogen) atoms. The van der Waals surface area contributed by atoms with Gasteiger partial charge in [-0.3, -0.25) is 4.79 Å². The van der Waals surface area contributed by atoms with Crippen molar-refractivity contribution in [1.29, 1.82) is 0 Å². The number of amidine groups is 1. The minimum atomic E-state index is -0.784. The van der Waals surface area contributed by atoms with Gasteiger partial charge in [-0.2, -0.15) is 0 Å². The molecular formula is C12H15F2N3O2. The van der Waals surface area contributed by atoms with Crippen LogP contribution in [0.1, 0.15) is 18.9 Å². The number of nitrogens with two attached hydrogens (primary N) is 1. The summed E-state index contributed by atoms with van der Waals surface area (Å²) in [6, 6.07) is 3.09. The van der Waals surface area contributed by atoms with Gasteiger partial charge in [-0.25, -0.2) is 8.78 Å². The lowest BCUT2D eigenvalue weighted by molar-refractivity contribution is -0.123. The molecule has 4 N–H and O–H groups in total. The Bertz CT molecular complexity index is 492. The van der Waals surface area contributed by atoms with Gasteiger partial charge in [0.1, 0.15) is 11.6 Å². The number of benzene rings is 1. The standard InChI is InChI=1S/C12H15F2N3O2/c1-2-9(11(15)17-19)12(18)16-6-7-3-4-8(13)5-10(7)14/h3-5,9,19H,2,6H2,1H3,(H2,15,17)(H,16,18). The van der Waals surface area contributed by atoms with E-state index in [4.69, 9.17) is 10.9 Å². The second kappa shape index (κ2) is 6.67. The fraction of sp³-hybridized carbons (Fsp3) is 0.333. The molecule has 1 atom stereocenters. The molecule has 1 aromatic rings. The van der Waals surface area contributed by atoms with Crippen molar-refractivity contribution >= 4 is 11.7 Å². The van der Waals surface area contributed by atoms with Crippen LogP contribution in [0.5, 0.6) is 0 Å². The quantitative estimate of drug-likeness (QED) is 0.327. The van der Waals surface area contributed by atoms with Crippen LogP contribution < -0.4 is 11.1 Å². The molecule has 1 unspecified atom stereocenters. The number of nitrogens with zero attached hydrogens (tertiary/aromatic N) is 1. The van der Waals surface area contributed by atoms with E-state index in [1.807, 2.05) is 0 Å². The summed E-state index contributed by atoms with van der Waals surface area (Å²) in [5.41, 5.74) is 5.52. The SMILES string of the molecule is CCC(C(=O)NCc1ccc(F)cc1F)C(N)=NO. The van der Waals surface area contributed by atoms with Crippen LogP contribution in [0.4, 0.5) is 8.78 Å². The highest BCUT2D eigenvalue weighted by Gasteiger charge is 2.21. The van der Waals surface area contributed by atoms with E-state index in [1.165, 1.54) is 6.07 Å². The number of oxime groups is 1. The Kier molecular flexibility index (Phi) is 5.23. The second-order valence-electron chi connectivity index (χ2n) is 3.94. The molecule has 0 fully saturated rings. The van der Waals surface area contributed by atoms with Gasteiger partial charge in [0.2, 0.25) is 5.91 Å². The van der Waals surface area contributed by atoms with E-state index in [-0.39, 0.29) is 17.9 Å².